The first-order chi connectivity index (χ1) is 13.8. The molecule has 0 aliphatic rings. The number of imidazole rings is 1. The number of halogens is 5. The predicted octanol–water partition coefficient (Wildman–Crippen LogP) is 4.10. The van der Waals surface area contributed by atoms with Gasteiger partial charge in [-0.1, -0.05) is 23.2 Å². The highest BCUT2D eigenvalue weighted by molar-refractivity contribution is 7.90. The highest BCUT2D eigenvalue weighted by Crippen LogP contribution is 2.33. The zero-order valence-electron chi connectivity index (χ0n) is 15.2. The van der Waals surface area contributed by atoms with Gasteiger partial charge in [0.05, 0.1) is 28.4 Å². The molecule has 0 aliphatic heterocycles. The van der Waals surface area contributed by atoms with Gasteiger partial charge in [-0.15, -0.1) is 0 Å². The number of aromatic nitrogens is 2. The Morgan fingerprint density at radius 3 is 2.47 bits per heavy atom. The van der Waals surface area contributed by atoms with Crippen molar-refractivity contribution >= 4 is 44.8 Å². The van der Waals surface area contributed by atoms with E-state index in [4.69, 9.17) is 27.9 Å². The number of nitrogens with zero attached hydrogens (tertiary/aromatic N) is 2. The Kier molecular flexibility index (Phi) is 5.65. The van der Waals surface area contributed by atoms with Gasteiger partial charge in [0.2, 0.25) is 0 Å². The van der Waals surface area contributed by atoms with Crippen molar-refractivity contribution in [2.75, 3.05) is 7.11 Å². The van der Waals surface area contributed by atoms with Crippen LogP contribution < -0.4 is 9.46 Å². The third kappa shape index (κ3) is 4.05. The van der Waals surface area contributed by atoms with Crippen molar-refractivity contribution in [2.45, 2.75) is 18.0 Å². The number of fused-ring (bicyclic) bond motifs is 1. The summed E-state index contributed by atoms with van der Waals surface area (Å²) in [6.07, 6.45) is -3.96. The fraction of sp³-hybridized carbons (Fsp3) is 0.176. The molecule has 7 nitrogen and oxygen atoms in total. The Labute approximate surface area is 178 Å². The van der Waals surface area contributed by atoms with Crippen molar-refractivity contribution in [1.29, 1.82) is 0 Å². The van der Waals surface area contributed by atoms with E-state index < -0.39 is 38.3 Å². The van der Waals surface area contributed by atoms with Gasteiger partial charge in [0, 0.05) is 12.3 Å². The number of hydrogen-bond acceptors (Lipinski definition) is 5. The van der Waals surface area contributed by atoms with Gasteiger partial charge in [-0.05, 0) is 25.1 Å². The van der Waals surface area contributed by atoms with Crippen molar-refractivity contribution in [3.05, 3.63) is 57.5 Å². The highest BCUT2D eigenvalue weighted by atomic mass is 35.5. The van der Waals surface area contributed by atoms with Crippen molar-refractivity contribution < 1.29 is 31.1 Å². The second kappa shape index (κ2) is 7.64. The Balaban J connectivity index is 2.03. The van der Waals surface area contributed by atoms with Crippen LogP contribution in [0.25, 0.3) is 5.65 Å². The summed E-state index contributed by atoms with van der Waals surface area (Å²) in [7, 11) is -3.12. The third-order valence-corrected chi connectivity index (χ3v) is 6.20. The number of carbonyl (C=O) groups excluding carboxylic acids is 1. The number of rotatable bonds is 4. The lowest BCUT2D eigenvalue weighted by molar-refractivity contribution is -0.137. The summed E-state index contributed by atoms with van der Waals surface area (Å²) >= 11 is 11.8. The molecule has 3 rings (SSSR count). The zero-order chi connectivity index (χ0) is 22.4. The minimum absolute atomic E-state index is 0.0394. The molecule has 0 unspecified atom stereocenters. The normalized spacial score (nSPS) is 12.2. The van der Waals surface area contributed by atoms with Crippen LogP contribution in [-0.4, -0.2) is 30.8 Å². The number of carbonyl (C=O) groups is 1. The van der Waals surface area contributed by atoms with Crippen LogP contribution >= 0.6 is 23.2 Å². The predicted molar refractivity (Wildman–Crippen MR) is 103 cm³/mol. The Hall–Kier alpha value is -2.50. The molecule has 0 saturated carbocycles. The summed E-state index contributed by atoms with van der Waals surface area (Å²) in [6.45, 7) is 1.30. The minimum atomic E-state index is -4.68. The van der Waals surface area contributed by atoms with E-state index in [9.17, 15) is 26.4 Å². The zero-order valence-corrected chi connectivity index (χ0v) is 17.5. The summed E-state index contributed by atoms with van der Waals surface area (Å²) < 4.78 is 72.0. The standard InChI is InChI=1S/C17H12Cl2F3N3O4S/c1-8-14(23-15-12(19)5-9(7-25(8)15)17(20,21)22)16(26)24-30(27,28)13-6-10(29-2)3-4-11(13)18/h3-7H,1-2H3,(H,24,26). The highest BCUT2D eigenvalue weighted by Gasteiger charge is 2.33. The molecule has 1 aromatic carbocycles. The van der Waals surface area contributed by atoms with E-state index >= 15 is 0 Å². The van der Waals surface area contributed by atoms with Gasteiger partial charge in [0.25, 0.3) is 15.9 Å². The molecule has 2 aromatic heterocycles. The number of ether oxygens (including phenoxy) is 1. The van der Waals surface area contributed by atoms with Crippen molar-refractivity contribution in [3.63, 3.8) is 0 Å². The molecule has 0 radical (unpaired) electrons. The largest absolute Gasteiger partial charge is 0.497 e. The van der Waals surface area contributed by atoms with Gasteiger partial charge in [0.1, 0.15) is 10.6 Å². The summed E-state index contributed by atoms with van der Waals surface area (Å²) in [6, 6.07) is 4.47. The topological polar surface area (TPSA) is 89.8 Å². The van der Waals surface area contributed by atoms with E-state index in [0.717, 1.165) is 10.5 Å². The molecule has 2 heterocycles. The number of amides is 1. The maximum absolute atomic E-state index is 13.0. The quantitative estimate of drug-likeness (QED) is 0.605. The van der Waals surface area contributed by atoms with Crippen molar-refractivity contribution in [2.24, 2.45) is 0 Å². The van der Waals surface area contributed by atoms with Crippen molar-refractivity contribution in [3.8, 4) is 5.75 Å². The maximum atomic E-state index is 13.0. The van der Waals surface area contributed by atoms with Crippen LogP contribution in [-0.2, 0) is 16.2 Å². The second-order valence-electron chi connectivity index (χ2n) is 6.04. The van der Waals surface area contributed by atoms with Crippen LogP contribution in [0.4, 0.5) is 13.2 Å². The molecule has 0 bridgehead atoms. The molecule has 30 heavy (non-hydrogen) atoms. The number of hydrogen-bond donors (Lipinski definition) is 1. The van der Waals surface area contributed by atoms with Crippen molar-refractivity contribution in [1.82, 2.24) is 14.1 Å². The van der Waals surface area contributed by atoms with Gasteiger partial charge >= 0.3 is 6.18 Å². The SMILES string of the molecule is COc1ccc(Cl)c(S(=O)(=O)NC(=O)c2nc3c(Cl)cc(C(F)(F)F)cn3c2C)c1. The number of nitrogens with one attached hydrogen (secondary N) is 1. The minimum Gasteiger partial charge on any atom is -0.497 e. The fourth-order valence-electron chi connectivity index (χ4n) is 2.63. The summed E-state index contributed by atoms with van der Waals surface area (Å²) in [5, 5.41) is -0.522. The van der Waals surface area contributed by atoms with E-state index in [1.54, 1.807) is 4.72 Å². The third-order valence-electron chi connectivity index (χ3n) is 4.11. The average Bonchev–Trinajstić information content (AvgIpc) is 2.98. The van der Waals surface area contributed by atoms with Gasteiger partial charge in [-0.3, -0.25) is 4.79 Å². The van der Waals surface area contributed by atoms with Crippen LogP contribution in [0.2, 0.25) is 10.0 Å². The first-order valence-corrected chi connectivity index (χ1v) is 10.2. The molecule has 13 heteroatoms. The van der Waals surface area contributed by atoms with Gasteiger partial charge in [0.15, 0.2) is 11.3 Å². The molecule has 0 fully saturated rings. The molecule has 0 aliphatic carbocycles. The van der Waals surface area contributed by atoms with E-state index in [-0.39, 0.29) is 27.1 Å². The number of pyridine rings is 1. The van der Waals surface area contributed by atoms with Crippen LogP contribution in [0.3, 0.4) is 0 Å². The summed E-state index contributed by atoms with van der Waals surface area (Å²) in [5.41, 5.74) is -1.64. The van der Waals surface area contributed by atoms with Crippen LogP contribution in [0.1, 0.15) is 21.7 Å². The lowest BCUT2D eigenvalue weighted by Gasteiger charge is -2.09. The number of aryl methyl sites for hydroxylation is 1. The molecule has 1 N–H and O–H groups in total. The lowest BCUT2D eigenvalue weighted by atomic mass is 10.2. The molecule has 1 amide bonds. The smallest absolute Gasteiger partial charge is 0.417 e. The summed E-state index contributed by atoms with van der Waals surface area (Å²) in [4.78, 5) is 16.1. The maximum Gasteiger partial charge on any atom is 0.417 e. The van der Waals surface area contributed by atoms with Crippen LogP contribution in [0.15, 0.2) is 35.4 Å². The number of methoxy groups -OCH3 is 1. The lowest BCUT2D eigenvalue weighted by Crippen LogP contribution is -2.31. The molecular weight excluding hydrogens is 470 g/mol. The van der Waals surface area contributed by atoms with Gasteiger partial charge in [-0.25, -0.2) is 18.1 Å². The number of benzene rings is 1. The van der Waals surface area contributed by atoms with Gasteiger partial charge in [-0.2, -0.15) is 13.2 Å². The monoisotopic (exact) mass is 481 g/mol. The number of alkyl halides is 3. The van der Waals surface area contributed by atoms with Crippen LogP contribution in [0.5, 0.6) is 5.75 Å². The van der Waals surface area contributed by atoms with E-state index in [1.807, 2.05) is 0 Å². The number of sulfonamides is 1. The molecule has 0 atom stereocenters. The molecule has 0 spiro atoms. The Bertz CT molecular complexity index is 1270. The van der Waals surface area contributed by atoms with Crippen LogP contribution in [0, 0.1) is 6.92 Å². The van der Waals surface area contributed by atoms with Gasteiger partial charge < -0.3 is 9.14 Å². The second-order valence-corrected chi connectivity index (χ2v) is 8.51. The van der Waals surface area contributed by atoms with E-state index in [0.29, 0.717) is 12.3 Å². The van der Waals surface area contributed by atoms with E-state index in [1.165, 1.54) is 26.2 Å². The molecule has 160 valence electrons. The first-order valence-electron chi connectivity index (χ1n) is 8.01. The molecule has 0 saturated heterocycles. The Morgan fingerprint density at radius 1 is 1.20 bits per heavy atom. The summed E-state index contributed by atoms with van der Waals surface area (Å²) in [5.74, 6) is -0.984. The Morgan fingerprint density at radius 2 is 1.87 bits per heavy atom. The molecular formula is C17H12Cl2F3N3O4S. The van der Waals surface area contributed by atoms with E-state index in [2.05, 4.69) is 4.98 Å². The molecule has 3 aromatic rings. The first kappa shape index (κ1) is 22.2. The fourth-order valence-corrected chi connectivity index (χ4v) is 4.35. The average molecular weight is 482 g/mol.